The van der Waals surface area contributed by atoms with Crippen molar-refractivity contribution in [3.8, 4) is 23.0 Å². The van der Waals surface area contributed by atoms with E-state index in [1.165, 1.54) is 36.4 Å². The van der Waals surface area contributed by atoms with Crippen LogP contribution in [-0.4, -0.2) is 122 Å². The molecule has 0 aromatic heterocycles. The normalized spacial score (nSPS) is 12.8. The van der Waals surface area contributed by atoms with Gasteiger partial charge < -0.3 is 25.5 Å². The molecule has 6 aromatic carbocycles. The SMILES string of the molecule is O=C(O)c1cc(Cc2ccc(/N=N/c3c(O)ccc(/N=N/c4ccc(S(=O)(=O)CCSOOOO)cc4S(=O)(=O)O)c3O)c(COO)c2)ccc1/N=N/c1c(O)ccc(/N=N/c2ccc(S(=O)(=O)CCOS(=O)(=O)O)cc2S(=O)(=O)O)c1O. The van der Waals surface area contributed by atoms with Crippen LogP contribution in [0.3, 0.4) is 0 Å². The van der Waals surface area contributed by atoms with Gasteiger partial charge in [-0.1, -0.05) is 18.2 Å². The van der Waals surface area contributed by atoms with Crippen molar-refractivity contribution in [2.45, 2.75) is 32.6 Å². The van der Waals surface area contributed by atoms with Crippen molar-refractivity contribution in [2.75, 3.05) is 23.9 Å². The van der Waals surface area contributed by atoms with E-state index in [1.54, 1.807) is 0 Å². The molecule has 0 spiro atoms. The minimum atomic E-state index is -5.24. The van der Waals surface area contributed by atoms with Gasteiger partial charge in [-0.2, -0.15) is 25.3 Å². The number of carboxylic acid groups (broad SMARTS) is 1. The lowest BCUT2D eigenvalue weighted by molar-refractivity contribution is -0.591. The van der Waals surface area contributed by atoms with Gasteiger partial charge in [-0.05, 0) is 106 Å². The van der Waals surface area contributed by atoms with Crippen LogP contribution in [0.15, 0.2) is 158 Å². The zero-order valence-electron chi connectivity index (χ0n) is 41.0. The van der Waals surface area contributed by atoms with Crippen molar-refractivity contribution in [1.82, 2.24) is 0 Å². The molecule has 0 fully saturated rings. The second kappa shape index (κ2) is 27.0. The summed E-state index contributed by atoms with van der Waals surface area (Å²) in [6.07, 6.45) is 0.00518. The quantitative estimate of drug-likeness (QED) is 0.00578. The average molecular weight is 1280 g/mol. The third-order valence-electron chi connectivity index (χ3n) is 10.6. The van der Waals surface area contributed by atoms with Crippen molar-refractivity contribution in [3.05, 3.63) is 119 Å². The Morgan fingerprint density at radius 3 is 1.45 bits per heavy atom. The monoisotopic (exact) mass is 1270 g/mol. The van der Waals surface area contributed by atoms with E-state index >= 15 is 0 Å². The molecule has 0 atom stereocenters. The van der Waals surface area contributed by atoms with Crippen LogP contribution in [0.4, 0.5) is 45.5 Å². The highest BCUT2D eigenvalue weighted by Gasteiger charge is 2.26. The molecular weight excluding hydrogens is 1240 g/mol. The standard InChI is InChI=1S/C43H38N8O26S6/c52-35-11-9-33(48-47-32-8-4-27(21-38(32)82(67,68)69)80(62,63)16-14-78-77-76-75-59)41(54)39(35)50-44-29-5-1-23(18-25(29)22-73-58)17-24-2-6-30(28(19-24)43(56)57)45-51-40-36(53)12-10-34(42(40)55)49-46-31-7-3-26(20-37(31)81(64,65)66)79(60,61)15-13-74-83(70,71)72/h1-12,18-21,52-55,58-59H,13-17,22H2,(H,56,57)(H,64,65,66)(H,67,68,69)(H,70,71,72)/b48-47+,49-46+,50-44+,51-45+. The molecule has 442 valence electrons. The molecule has 83 heavy (non-hydrogen) atoms. The summed E-state index contributed by atoms with van der Waals surface area (Å²) in [4.78, 5) is 13.4. The van der Waals surface area contributed by atoms with E-state index in [0.717, 1.165) is 48.5 Å². The van der Waals surface area contributed by atoms with E-state index in [0.29, 0.717) is 35.3 Å². The maximum Gasteiger partial charge on any atom is 0.397 e. The van der Waals surface area contributed by atoms with E-state index in [4.69, 9.17) is 9.81 Å². The summed E-state index contributed by atoms with van der Waals surface area (Å²) in [5, 5.41) is 108. The summed E-state index contributed by atoms with van der Waals surface area (Å²) in [5.41, 5.74) is -3.29. The Hall–Kier alpha value is -7.91. The van der Waals surface area contributed by atoms with E-state index in [1.807, 2.05) is 0 Å². The Morgan fingerprint density at radius 1 is 0.518 bits per heavy atom. The summed E-state index contributed by atoms with van der Waals surface area (Å²) < 4.78 is 158. The fourth-order valence-electron chi connectivity index (χ4n) is 6.77. The van der Waals surface area contributed by atoms with Crippen molar-refractivity contribution in [3.63, 3.8) is 0 Å². The molecule has 10 N–H and O–H groups in total. The number of phenols is 4. The van der Waals surface area contributed by atoms with Gasteiger partial charge in [-0.15, -0.1) is 45.2 Å². The topological polar surface area (TPSA) is 535 Å². The molecule has 0 aliphatic carbocycles. The van der Waals surface area contributed by atoms with Gasteiger partial charge in [-0.3, -0.25) is 18.9 Å². The minimum absolute atomic E-state index is 0.00409. The molecule has 6 aromatic rings. The van der Waals surface area contributed by atoms with Crippen LogP contribution in [0.1, 0.15) is 27.0 Å². The molecule has 0 unspecified atom stereocenters. The van der Waals surface area contributed by atoms with E-state index in [9.17, 15) is 86.8 Å². The number of rotatable bonds is 27. The first-order chi connectivity index (χ1) is 38.9. The summed E-state index contributed by atoms with van der Waals surface area (Å²) in [7, 11) is -24.1. The summed E-state index contributed by atoms with van der Waals surface area (Å²) in [6, 6.07) is 16.7. The minimum Gasteiger partial charge on any atom is -0.505 e. The number of hydrogen-bond acceptors (Lipinski definition) is 31. The van der Waals surface area contributed by atoms with Gasteiger partial charge in [0.2, 0.25) is 0 Å². The number of hydrogen-bond donors (Lipinski definition) is 10. The molecule has 0 saturated heterocycles. The van der Waals surface area contributed by atoms with Crippen molar-refractivity contribution in [1.29, 1.82) is 0 Å². The Morgan fingerprint density at radius 2 is 0.964 bits per heavy atom. The second-order valence-corrected chi connectivity index (χ2v) is 25.0. The van der Waals surface area contributed by atoms with Crippen molar-refractivity contribution in [2.24, 2.45) is 40.9 Å². The third-order valence-corrected chi connectivity index (χ3v) is 17.0. The largest absolute Gasteiger partial charge is 0.505 e. The van der Waals surface area contributed by atoms with Gasteiger partial charge in [0, 0.05) is 23.4 Å². The molecule has 0 bridgehead atoms. The van der Waals surface area contributed by atoms with E-state index < -0.39 is 163 Å². The average Bonchev–Trinajstić information content (AvgIpc) is 3.59. The number of azo groups is 4. The Balaban J connectivity index is 1.20. The van der Waals surface area contributed by atoms with Gasteiger partial charge in [-0.25, -0.2) is 36.0 Å². The first kappa shape index (κ1) is 64.3. The van der Waals surface area contributed by atoms with Gasteiger partial charge in [0.1, 0.15) is 56.3 Å². The highest BCUT2D eigenvalue weighted by molar-refractivity contribution is 7.97. The van der Waals surface area contributed by atoms with Gasteiger partial charge >= 0.3 is 16.4 Å². The molecule has 0 saturated carbocycles. The van der Waals surface area contributed by atoms with Crippen LogP contribution in [0, 0.1) is 0 Å². The van der Waals surface area contributed by atoms with Crippen LogP contribution in [0.2, 0.25) is 0 Å². The van der Waals surface area contributed by atoms with E-state index in [2.05, 4.69) is 64.4 Å². The second-order valence-electron chi connectivity index (χ2n) is 16.1. The molecule has 6 rings (SSSR count). The number of aromatic carboxylic acids is 1. The van der Waals surface area contributed by atoms with Crippen LogP contribution in [-0.2, 0) is 86.8 Å². The molecule has 0 aliphatic heterocycles. The Labute approximate surface area is 471 Å². The first-order valence-corrected chi connectivity index (χ1v) is 30.5. The summed E-state index contributed by atoms with van der Waals surface area (Å²) >= 11 is 0.412. The summed E-state index contributed by atoms with van der Waals surface area (Å²) in [5.74, 6) is -6.67. The predicted octanol–water partition coefficient (Wildman–Crippen LogP) is 8.31. The maximum absolute atomic E-state index is 12.8. The third kappa shape index (κ3) is 17.3. The van der Waals surface area contributed by atoms with Crippen LogP contribution >= 0.6 is 12.0 Å². The number of benzene rings is 6. The highest BCUT2D eigenvalue weighted by atomic mass is 32.3. The number of sulfone groups is 2. The number of carboxylic acids is 1. The lowest BCUT2D eigenvalue weighted by Crippen LogP contribution is -2.16. The van der Waals surface area contributed by atoms with Crippen LogP contribution in [0.5, 0.6) is 23.0 Å². The highest BCUT2D eigenvalue weighted by Crippen LogP contribution is 2.46. The molecule has 0 amide bonds. The molecule has 0 aliphatic rings. The zero-order valence-corrected chi connectivity index (χ0v) is 45.9. The maximum atomic E-state index is 12.8. The van der Waals surface area contributed by atoms with Crippen LogP contribution < -0.4 is 0 Å². The van der Waals surface area contributed by atoms with Crippen LogP contribution in [0.25, 0.3) is 0 Å². The Bertz CT molecular complexity index is 4190. The Kier molecular flexibility index (Phi) is 20.9. The number of nitrogens with zero attached hydrogens (tertiary/aromatic N) is 8. The van der Waals surface area contributed by atoms with E-state index in [-0.39, 0.29) is 29.1 Å². The number of aromatic hydroxyl groups is 4. The number of phenolic OH excluding ortho intramolecular Hbond substituents is 4. The predicted molar refractivity (Wildman–Crippen MR) is 279 cm³/mol. The fourth-order valence-corrected chi connectivity index (χ4v) is 11.8. The van der Waals surface area contributed by atoms with Gasteiger partial charge in [0.25, 0.3) is 20.2 Å². The summed E-state index contributed by atoms with van der Waals surface area (Å²) in [6.45, 7) is -1.57. The fraction of sp³-hybridized carbons (Fsp3) is 0.140. The lowest BCUT2D eigenvalue weighted by Gasteiger charge is -2.10. The van der Waals surface area contributed by atoms with Gasteiger partial charge in [0.05, 0.1) is 39.2 Å². The first-order valence-electron chi connectivity index (χ1n) is 22.0. The molecule has 40 heteroatoms. The van der Waals surface area contributed by atoms with Crippen molar-refractivity contribution >= 4 is 114 Å². The molecule has 34 nitrogen and oxygen atoms in total. The zero-order chi connectivity index (χ0) is 61.1. The molecule has 0 radical (unpaired) electrons. The van der Waals surface area contributed by atoms with Crippen molar-refractivity contribution < 1.29 is 120 Å². The smallest absolute Gasteiger partial charge is 0.397 e. The lowest BCUT2D eigenvalue weighted by atomic mass is 9.99. The molecular formula is C43H38N8O26S6. The number of carbonyl (C=O) groups is 1. The molecule has 0 heterocycles. The van der Waals surface area contributed by atoms with Gasteiger partial charge in [0.15, 0.2) is 42.5 Å².